The van der Waals surface area contributed by atoms with Crippen molar-refractivity contribution >= 4 is 28.6 Å². The Bertz CT molecular complexity index is 242. The summed E-state index contributed by atoms with van der Waals surface area (Å²) in [6, 6.07) is 5.94. The van der Waals surface area contributed by atoms with Crippen molar-refractivity contribution in [2.75, 3.05) is 0 Å². The lowest BCUT2D eigenvalue weighted by Crippen LogP contribution is -2.49. The van der Waals surface area contributed by atoms with Gasteiger partial charge in [0, 0.05) is 26.0 Å². The third kappa shape index (κ3) is 1.88. The van der Waals surface area contributed by atoms with Crippen LogP contribution in [0.1, 0.15) is 11.4 Å². The summed E-state index contributed by atoms with van der Waals surface area (Å²) < 4.78 is 1.86. The largest absolute Gasteiger partial charge is 0.708 e. The standard InChI is InChI=1S/C7H9BCl2N/c1-6-4-3-5-7(2)11(6)8(9)10/h3-5H,1-2H3/q+1. The average molecular weight is 189 g/mol. The molecule has 1 aromatic heterocycles. The van der Waals surface area contributed by atoms with Crippen molar-refractivity contribution in [2.24, 2.45) is 0 Å². The zero-order chi connectivity index (χ0) is 8.43. The minimum absolute atomic E-state index is 0.490. The van der Waals surface area contributed by atoms with Gasteiger partial charge in [0.2, 0.25) is 0 Å². The van der Waals surface area contributed by atoms with Crippen LogP contribution in [0.4, 0.5) is 0 Å². The molecule has 0 amide bonds. The molecule has 1 nitrogen and oxygen atoms in total. The highest BCUT2D eigenvalue weighted by Gasteiger charge is 2.26. The molecule has 11 heavy (non-hydrogen) atoms. The normalized spacial score (nSPS) is 9.82. The Morgan fingerprint density at radius 2 is 1.64 bits per heavy atom. The number of aromatic nitrogens is 1. The fourth-order valence-corrected chi connectivity index (χ4v) is 1.69. The Morgan fingerprint density at radius 1 is 1.18 bits per heavy atom. The van der Waals surface area contributed by atoms with Crippen LogP contribution < -0.4 is 4.48 Å². The Kier molecular flexibility index (Phi) is 2.80. The highest BCUT2D eigenvalue weighted by Crippen LogP contribution is 1.99. The van der Waals surface area contributed by atoms with Crippen molar-refractivity contribution in [3.05, 3.63) is 29.6 Å². The van der Waals surface area contributed by atoms with Crippen LogP contribution in [0, 0.1) is 13.8 Å². The molecule has 0 aliphatic heterocycles. The van der Waals surface area contributed by atoms with Crippen LogP contribution in [-0.2, 0) is 0 Å². The van der Waals surface area contributed by atoms with Gasteiger partial charge in [0.25, 0.3) is 0 Å². The zero-order valence-corrected chi connectivity index (χ0v) is 8.02. The number of aryl methyl sites for hydroxylation is 2. The summed E-state index contributed by atoms with van der Waals surface area (Å²) in [7, 11) is 0. The first-order valence-electron chi connectivity index (χ1n) is 3.39. The first kappa shape index (κ1) is 8.89. The van der Waals surface area contributed by atoms with E-state index in [1.807, 2.05) is 36.5 Å². The SMILES string of the molecule is Cc1cccc(C)[n+]1B(Cl)Cl. The van der Waals surface area contributed by atoms with E-state index < -0.39 is 5.68 Å². The number of rotatable bonds is 1. The van der Waals surface area contributed by atoms with Crippen molar-refractivity contribution in [3.8, 4) is 0 Å². The van der Waals surface area contributed by atoms with Gasteiger partial charge in [-0.05, 0) is 0 Å². The number of pyridine rings is 1. The number of nitrogens with zero attached hydrogens (tertiary/aromatic N) is 1. The van der Waals surface area contributed by atoms with E-state index in [0.717, 1.165) is 11.4 Å². The molecule has 0 saturated carbocycles. The molecule has 0 atom stereocenters. The van der Waals surface area contributed by atoms with Crippen molar-refractivity contribution in [2.45, 2.75) is 13.8 Å². The van der Waals surface area contributed by atoms with Crippen LogP contribution in [0.25, 0.3) is 0 Å². The van der Waals surface area contributed by atoms with Gasteiger partial charge < -0.3 is 0 Å². The summed E-state index contributed by atoms with van der Waals surface area (Å²) in [6.07, 6.45) is 0. The predicted molar refractivity (Wildman–Crippen MR) is 49.0 cm³/mol. The highest BCUT2D eigenvalue weighted by molar-refractivity contribution is 7.29. The van der Waals surface area contributed by atoms with Crippen molar-refractivity contribution < 1.29 is 4.48 Å². The van der Waals surface area contributed by atoms with Crippen LogP contribution in [-0.4, -0.2) is 5.68 Å². The zero-order valence-electron chi connectivity index (χ0n) is 6.51. The lowest BCUT2D eigenvalue weighted by molar-refractivity contribution is -0.544. The molecule has 1 heterocycles. The van der Waals surface area contributed by atoms with Gasteiger partial charge in [-0.3, -0.25) is 4.48 Å². The summed E-state index contributed by atoms with van der Waals surface area (Å²) in [6.45, 7) is 3.95. The Labute approximate surface area is 76.9 Å². The molecule has 0 bridgehead atoms. The molecule has 0 aliphatic carbocycles. The van der Waals surface area contributed by atoms with Gasteiger partial charge in [-0.2, -0.15) is 0 Å². The second-order valence-corrected chi connectivity index (χ2v) is 3.51. The number of halogens is 2. The van der Waals surface area contributed by atoms with E-state index in [-0.39, 0.29) is 0 Å². The molecule has 58 valence electrons. The van der Waals surface area contributed by atoms with Crippen molar-refractivity contribution in [3.63, 3.8) is 0 Å². The lowest BCUT2D eigenvalue weighted by Gasteiger charge is -2.00. The molecule has 1 aromatic rings. The quantitative estimate of drug-likeness (QED) is 0.593. The molecule has 0 aromatic carbocycles. The molecule has 0 radical (unpaired) electrons. The molecule has 0 N–H and O–H groups in total. The van der Waals surface area contributed by atoms with Crippen molar-refractivity contribution in [1.29, 1.82) is 0 Å². The van der Waals surface area contributed by atoms with E-state index in [0.29, 0.717) is 0 Å². The van der Waals surface area contributed by atoms with E-state index in [2.05, 4.69) is 0 Å². The summed E-state index contributed by atoms with van der Waals surface area (Å²) in [5.74, 6) is 0. The summed E-state index contributed by atoms with van der Waals surface area (Å²) in [4.78, 5) is 0. The smallest absolute Gasteiger partial charge is 0.255 e. The minimum atomic E-state index is -0.490. The monoisotopic (exact) mass is 188 g/mol. The maximum absolute atomic E-state index is 5.74. The molecule has 0 saturated heterocycles. The number of hydrogen-bond donors (Lipinski definition) is 0. The second-order valence-electron chi connectivity index (χ2n) is 2.46. The van der Waals surface area contributed by atoms with Crippen LogP contribution in [0.5, 0.6) is 0 Å². The molecule has 0 spiro atoms. The highest BCUT2D eigenvalue weighted by atomic mass is 35.5. The Morgan fingerprint density at radius 3 is 1.91 bits per heavy atom. The lowest BCUT2D eigenvalue weighted by atomic mass is 10.2. The first-order valence-corrected chi connectivity index (χ1v) is 4.26. The van der Waals surface area contributed by atoms with Gasteiger partial charge in [-0.1, -0.05) is 29.0 Å². The summed E-state index contributed by atoms with van der Waals surface area (Å²) >= 11 is 11.5. The van der Waals surface area contributed by atoms with E-state index in [1.165, 1.54) is 0 Å². The van der Waals surface area contributed by atoms with Gasteiger partial charge >= 0.3 is 5.68 Å². The molecule has 0 fully saturated rings. The fraction of sp³-hybridized carbons (Fsp3) is 0.286. The van der Waals surface area contributed by atoms with Gasteiger partial charge in [0.15, 0.2) is 11.4 Å². The van der Waals surface area contributed by atoms with Crippen LogP contribution >= 0.6 is 22.9 Å². The molecular formula is C7H9BCl2N+. The molecule has 0 aliphatic rings. The fourth-order valence-electron chi connectivity index (χ4n) is 1.07. The predicted octanol–water partition coefficient (Wildman–Crippen LogP) is 1.90. The maximum Gasteiger partial charge on any atom is 0.708 e. The van der Waals surface area contributed by atoms with Gasteiger partial charge in [-0.15, -0.1) is 0 Å². The van der Waals surface area contributed by atoms with Gasteiger partial charge in [-0.25, -0.2) is 0 Å². The maximum atomic E-state index is 5.74. The topological polar surface area (TPSA) is 3.88 Å². The van der Waals surface area contributed by atoms with E-state index >= 15 is 0 Å². The van der Waals surface area contributed by atoms with Crippen LogP contribution in [0.2, 0.25) is 0 Å². The van der Waals surface area contributed by atoms with E-state index in [9.17, 15) is 0 Å². The van der Waals surface area contributed by atoms with Gasteiger partial charge in [0.05, 0.1) is 0 Å². The number of hydrogen-bond acceptors (Lipinski definition) is 0. The average Bonchev–Trinajstić information content (AvgIpc) is 1.85. The minimum Gasteiger partial charge on any atom is -0.255 e. The Balaban J connectivity index is 3.21. The molecule has 0 unspecified atom stereocenters. The van der Waals surface area contributed by atoms with Crippen LogP contribution in [0.15, 0.2) is 18.2 Å². The third-order valence-electron chi connectivity index (χ3n) is 1.63. The third-order valence-corrected chi connectivity index (χ3v) is 2.02. The van der Waals surface area contributed by atoms with Gasteiger partial charge in [0.1, 0.15) is 0 Å². The summed E-state index contributed by atoms with van der Waals surface area (Å²) in [5.41, 5.74) is 1.65. The van der Waals surface area contributed by atoms with Crippen molar-refractivity contribution in [1.82, 2.24) is 0 Å². The molecule has 1 rings (SSSR count). The Hall–Kier alpha value is -0.205. The van der Waals surface area contributed by atoms with E-state index in [1.54, 1.807) is 0 Å². The molecule has 4 heteroatoms. The van der Waals surface area contributed by atoms with Crippen LogP contribution in [0.3, 0.4) is 0 Å². The second kappa shape index (κ2) is 3.46. The van der Waals surface area contributed by atoms with E-state index in [4.69, 9.17) is 22.9 Å². The summed E-state index contributed by atoms with van der Waals surface area (Å²) in [5, 5.41) is 0. The first-order chi connectivity index (χ1) is 5.13. The molecular weight excluding hydrogens is 180 g/mol.